The van der Waals surface area contributed by atoms with Crippen molar-refractivity contribution in [1.82, 2.24) is 0 Å². The highest BCUT2D eigenvalue weighted by Gasteiger charge is 2.35. The molecule has 0 saturated heterocycles. The topological polar surface area (TPSA) is 26.3 Å². The van der Waals surface area contributed by atoms with Crippen LogP contribution in [-0.4, -0.2) is 5.78 Å². The molecule has 1 aliphatic heterocycles. The van der Waals surface area contributed by atoms with E-state index in [9.17, 15) is 18.0 Å². The van der Waals surface area contributed by atoms with Crippen LogP contribution in [0.2, 0.25) is 0 Å². The minimum Gasteiger partial charge on any atom is -0.480 e. The van der Waals surface area contributed by atoms with Gasteiger partial charge in [-0.05, 0) is 35.4 Å². The Kier molecular flexibility index (Phi) is 4.51. The molecule has 0 aromatic heterocycles. The summed E-state index contributed by atoms with van der Waals surface area (Å²) in [6, 6.07) is 20.9. The van der Waals surface area contributed by atoms with Crippen molar-refractivity contribution in [3.63, 3.8) is 0 Å². The lowest BCUT2D eigenvalue weighted by molar-refractivity contribution is -0.137. The highest BCUT2D eigenvalue weighted by atomic mass is 19.4. The zero-order valence-electron chi connectivity index (χ0n) is 14.6. The number of carbonyl (C=O) groups is 1. The van der Waals surface area contributed by atoms with Gasteiger partial charge in [0, 0.05) is 5.57 Å². The number of rotatable bonds is 2. The number of ether oxygens (including phenoxy) is 1. The Bertz CT molecular complexity index is 1050. The molecule has 3 aromatic carbocycles. The van der Waals surface area contributed by atoms with Crippen molar-refractivity contribution in [3.8, 4) is 5.75 Å². The number of ketones is 1. The Hall–Kier alpha value is -3.34. The van der Waals surface area contributed by atoms with Crippen molar-refractivity contribution < 1.29 is 22.7 Å². The maximum Gasteiger partial charge on any atom is 0.416 e. The average Bonchev–Trinajstić information content (AvgIpc) is 2.70. The molecule has 2 nitrogen and oxygen atoms in total. The van der Waals surface area contributed by atoms with Gasteiger partial charge in [0.1, 0.15) is 5.75 Å². The summed E-state index contributed by atoms with van der Waals surface area (Å²) in [4.78, 5) is 13.1. The minimum atomic E-state index is -4.52. The second kappa shape index (κ2) is 7.00. The summed E-state index contributed by atoms with van der Waals surface area (Å²) in [5, 5.41) is 0. The average molecular weight is 380 g/mol. The van der Waals surface area contributed by atoms with Gasteiger partial charge in [-0.25, -0.2) is 0 Å². The quantitative estimate of drug-likeness (QED) is 0.502. The van der Waals surface area contributed by atoms with Crippen molar-refractivity contribution in [2.75, 3.05) is 0 Å². The largest absolute Gasteiger partial charge is 0.480 e. The molecule has 0 aliphatic carbocycles. The first kappa shape index (κ1) is 18.0. The van der Waals surface area contributed by atoms with E-state index in [2.05, 4.69) is 0 Å². The number of fused-ring (bicyclic) bond motifs is 1. The number of halogens is 3. The van der Waals surface area contributed by atoms with E-state index in [0.717, 1.165) is 6.07 Å². The molecule has 3 aromatic rings. The van der Waals surface area contributed by atoms with E-state index >= 15 is 0 Å². The van der Waals surface area contributed by atoms with Crippen molar-refractivity contribution in [2.45, 2.75) is 12.3 Å². The molecule has 0 radical (unpaired) electrons. The number of carbonyl (C=O) groups excluding carboxylic acids is 1. The highest BCUT2D eigenvalue weighted by molar-refractivity contribution is 6.14. The van der Waals surface area contributed by atoms with E-state index < -0.39 is 17.8 Å². The van der Waals surface area contributed by atoms with E-state index in [4.69, 9.17) is 4.74 Å². The first-order valence-corrected chi connectivity index (χ1v) is 8.68. The summed E-state index contributed by atoms with van der Waals surface area (Å²) in [6.45, 7) is 0. The third-order valence-corrected chi connectivity index (χ3v) is 4.60. The fraction of sp³-hybridized carbons (Fsp3) is 0.0870. The molecule has 0 N–H and O–H groups in total. The van der Waals surface area contributed by atoms with Gasteiger partial charge in [0.05, 0.1) is 11.1 Å². The number of Topliss-reactive ketones (excluding diaryl/α,β-unsaturated/α-hetero) is 1. The van der Waals surface area contributed by atoms with Gasteiger partial charge in [0.25, 0.3) is 0 Å². The third kappa shape index (κ3) is 3.31. The van der Waals surface area contributed by atoms with Crippen molar-refractivity contribution in [3.05, 3.63) is 107 Å². The van der Waals surface area contributed by atoms with Gasteiger partial charge in [-0.3, -0.25) is 4.79 Å². The molecule has 0 amide bonds. The van der Waals surface area contributed by atoms with Crippen LogP contribution in [-0.2, 0) is 6.18 Å². The molecular formula is C23H15F3O2. The van der Waals surface area contributed by atoms with Crippen LogP contribution in [0.1, 0.15) is 33.2 Å². The maximum atomic E-state index is 13.4. The van der Waals surface area contributed by atoms with Crippen molar-refractivity contribution in [2.24, 2.45) is 0 Å². The predicted molar refractivity (Wildman–Crippen MR) is 100 cm³/mol. The molecule has 0 spiro atoms. The summed E-state index contributed by atoms with van der Waals surface area (Å²) < 4.78 is 46.3. The van der Waals surface area contributed by atoms with Crippen LogP contribution in [0.25, 0.3) is 6.08 Å². The van der Waals surface area contributed by atoms with E-state index in [1.54, 1.807) is 48.5 Å². The summed E-state index contributed by atoms with van der Waals surface area (Å²) >= 11 is 0. The van der Waals surface area contributed by atoms with Crippen LogP contribution in [0.3, 0.4) is 0 Å². The number of alkyl halides is 3. The molecule has 0 unspecified atom stereocenters. The van der Waals surface area contributed by atoms with Gasteiger partial charge in [-0.2, -0.15) is 13.2 Å². The SMILES string of the molecule is O=C1/C(=C/c2ccccc2C(F)(F)F)[C@@H](c2ccccc2)Oc2ccccc21. The highest BCUT2D eigenvalue weighted by Crippen LogP contribution is 2.40. The van der Waals surface area contributed by atoms with Crippen LogP contribution in [0.4, 0.5) is 13.2 Å². The second-order valence-corrected chi connectivity index (χ2v) is 6.42. The van der Waals surface area contributed by atoms with Gasteiger partial charge in [0.15, 0.2) is 11.9 Å². The lowest BCUT2D eigenvalue weighted by Gasteiger charge is -2.28. The number of benzene rings is 3. The molecule has 1 aliphatic rings. The van der Waals surface area contributed by atoms with Gasteiger partial charge >= 0.3 is 6.18 Å². The Balaban J connectivity index is 1.90. The van der Waals surface area contributed by atoms with Gasteiger partial charge in [-0.1, -0.05) is 60.7 Å². The zero-order valence-corrected chi connectivity index (χ0v) is 14.6. The summed E-state index contributed by atoms with van der Waals surface area (Å²) in [5.74, 6) is 0.0790. The zero-order chi connectivity index (χ0) is 19.7. The summed E-state index contributed by atoms with van der Waals surface area (Å²) in [5.41, 5.74) is 0.344. The fourth-order valence-electron chi connectivity index (χ4n) is 3.29. The van der Waals surface area contributed by atoms with Crippen LogP contribution in [0.15, 0.2) is 84.4 Å². The Labute approximate surface area is 159 Å². The van der Waals surface area contributed by atoms with Gasteiger partial charge < -0.3 is 4.74 Å². The molecule has 0 bridgehead atoms. The fourth-order valence-corrected chi connectivity index (χ4v) is 3.29. The third-order valence-electron chi connectivity index (χ3n) is 4.60. The smallest absolute Gasteiger partial charge is 0.416 e. The molecule has 1 atom stereocenters. The van der Waals surface area contributed by atoms with Crippen molar-refractivity contribution in [1.29, 1.82) is 0 Å². The molecular weight excluding hydrogens is 365 g/mol. The number of para-hydroxylation sites is 1. The Morgan fingerprint density at radius 2 is 1.46 bits per heavy atom. The normalized spacial score (nSPS) is 17.9. The molecule has 4 rings (SSSR count). The second-order valence-electron chi connectivity index (χ2n) is 6.42. The van der Waals surface area contributed by atoms with Gasteiger partial charge in [0.2, 0.25) is 0 Å². The Morgan fingerprint density at radius 1 is 0.821 bits per heavy atom. The maximum absolute atomic E-state index is 13.4. The predicted octanol–water partition coefficient (Wildman–Crippen LogP) is 6.11. The number of hydrogen-bond donors (Lipinski definition) is 0. The standard InChI is InChI=1S/C23H15F3O2/c24-23(25,26)19-12-6-4-10-16(19)14-18-21(27)17-11-5-7-13-20(17)28-22(18)15-8-2-1-3-9-15/h1-14,22H/b18-14-/t22-/m1/s1. The van der Waals surface area contributed by atoms with E-state index in [0.29, 0.717) is 16.9 Å². The first-order valence-electron chi connectivity index (χ1n) is 8.68. The monoisotopic (exact) mass is 380 g/mol. The minimum absolute atomic E-state index is 0.0673. The first-order chi connectivity index (χ1) is 13.4. The molecule has 1 heterocycles. The molecule has 28 heavy (non-hydrogen) atoms. The van der Waals surface area contributed by atoms with Crippen LogP contribution < -0.4 is 4.74 Å². The van der Waals surface area contributed by atoms with Crippen molar-refractivity contribution >= 4 is 11.9 Å². The molecule has 140 valence electrons. The molecule has 5 heteroatoms. The van der Waals surface area contributed by atoms with Crippen LogP contribution in [0, 0.1) is 0 Å². The van der Waals surface area contributed by atoms with E-state index in [-0.39, 0.29) is 16.9 Å². The van der Waals surface area contributed by atoms with E-state index in [1.165, 1.54) is 24.3 Å². The number of hydrogen-bond acceptors (Lipinski definition) is 2. The van der Waals surface area contributed by atoms with E-state index in [1.807, 2.05) is 6.07 Å². The summed E-state index contributed by atoms with van der Waals surface area (Å²) in [7, 11) is 0. The van der Waals surface area contributed by atoms with Crippen LogP contribution in [0.5, 0.6) is 5.75 Å². The van der Waals surface area contributed by atoms with Crippen LogP contribution >= 0.6 is 0 Å². The summed E-state index contributed by atoms with van der Waals surface area (Å²) in [6.07, 6.45) is -4.02. The lowest BCUT2D eigenvalue weighted by atomic mass is 9.89. The Morgan fingerprint density at radius 3 is 2.21 bits per heavy atom. The molecule has 0 saturated carbocycles. The lowest BCUT2D eigenvalue weighted by Crippen LogP contribution is -2.24. The molecule has 0 fully saturated rings. The van der Waals surface area contributed by atoms with Gasteiger partial charge in [-0.15, -0.1) is 0 Å².